The fraction of sp³-hybridized carbons (Fsp3) is 0.500. The molecule has 28 heavy (non-hydrogen) atoms. The van der Waals surface area contributed by atoms with E-state index < -0.39 is 0 Å². The Morgan fingerprint density at radius 3 is 2.93 bits per heavy atom. The number of nitrogens with zero attached hydrogens (tertiary/aromatic N) is 1. The van der Waals surface area contributed by atoms with E-state index in [2.05, 4.69) is 35.9 Å². The number of benzene rings is 1. The lowest BCUT2D eigenvalue weighted by atomic mass is 10.1. The first-order valence-electron chi connectivity index (χ1n) is 10.2. The van der Waals surface area contributed by atoms with Gasteiger partial charge in [0.15, 0.2) is 0 Å². The molecule has 6 heteroatoms. The van der Waals surface area contributed by atoms with Crippen LogP contribution in [0.25, 0.3) is 0 Å². The second kappa shape index (κ2) is 9.94. The molecule has 2 heterocycles. The van der Waals surface area contributed by atoms with E-state index in [4.69, 9.17) is 4.74 Å². The molecule has 1 aliphatic rings. The summed E-state index contributed by atoms with van der Waals surface area (Å²) in [5, 5.41) is 8.74. The van der Waals surface area contributed by atoms with Gasteiger partial charge in [0.25, 0.3) is 0 Å². The van der Waals surface area contributed by atoms with Crippen LogP contribution in [0.4, 0.5) is 11.4 Å². The van der Waals surface area contributed by atoms with Crippen molar-refractivity contribution < 1.29 is 9.53 Å². The van der Waals surface area contributed by atoms with Gasteiger partial charge in [-0.1, -0.05) is 19.9 Å². The Morgan fingerprint density at radius 1 is 1.32 bits per heavy atom. The molecule has 0 saturated carbocycles. The first-order valence-corrected chi connectivity index (χ1v) is 11.1. The van der Waals surface area contributed by atoms with Crippen molar-refractivity contribution in [2.24, 2.45) is 0 Å². The summed E-state index contributed by atoms with van der Waals surface area (Å²) in [6.07, 6.45) is 3.47. The Labute approximate surface area is 172 Å². The number of hydrogen-bond donors (Lipinski definition) is 2. The summed E-state index contributed by atoms with van der Waals surface area (Å²) in [6, 6.07) is 10.3. The maximum absolute atomic E-state index is 12.8. The average molecular weight is 402 g/mol. The van der Waals surface area contributed by atoms with Crippen LogP contribution in [0.2, 0.25) is 0 Å². The monoisotopic (exact) mass is 401 g/mol. The van der Waals surface area contributed by atoms with E-state index in [1.165, 1.54) is 4.88 Å². The zero-order valence-corrected chi connectivity index (χ0v) is 17.8. The summed E-state index contributed by atoms with van der Waals surface area (Å²) >= 11 is 1.71. The molecule has 1 aromatic heterocycles. The van der Waals surface area contributed by atoms with Gasteiger partial charge in [-0.05, 0) is 49.4 Å². The maximum Gasteiger partial charge on any atom is 0.228 e. The van der Waals surface area contributed by atoms with Gasteiger partial charge in [-0.3, -0.25) is 4.79 Å². The van der Waals surface area contributed by atoms with Crippen LogP contribution >= 0.6 is 11.3 Å². The third kappa shape index (κ3) is 4.86. The predicted octanol–water partition coefficient (Wildman–Crippen LogP) is 4.81. The van der Waals surface area contributed by atoms with Gasteiger partial charge < -0.3 is 20.3 Å². The van der Waals surface area contributed by atoms with Crippen LogP contribution in [0, 0.1) is 0 Å². The van der Waals surface area contributed by atoms with Crippen LogP contribution in [-0.4, -0.2) is 32.1 Å². The molecule has 1 fully saturated rings. The fourth-order valence-electron chi connectivity index (χ4n) is 3.77. The van der Waals surface area contributed by atoms with Crippen molar-refractivity contribution in [1.29, 1.82) is 0 Å². The number of amides is 1. The lowest BCUT2D eigenvalue weighted by molar-refractivity contribution is -0.118. The maximum atomic E-state index is 12.8. The van der Waals surface area contributed by atoms with Gasteiger partial charge >= 0.3 is 0 Å². The van der Waals surface area contributed by atoms with E-state index >= 15 is 0 Å². The van der Waals surface area contributed by atoms with E-state index in [-0.39, 0.29) is 18.1 Å². The molecule has 3 rings (SSSR count). The summed E-state index contributed by atoms with van der Waals surface area (Å²) < 4.78 is 6.33. The van der Waals surface area contributed by atoms with Crippen LogP contribution in [0.5, 0.6) is 5.75 Å². The van der Waals surface area contributed by atoms with Crippen LogP contribution in [-0.2, 0) is 4.79 Å². The van der Waals surface area contributed by atoms with E-state index in [0.717, 1.165) is 49.5 Å². The fourth-order valence-corrected chi connectivity index (χ4v) is 4.78. The number of thiophene rings is 1. The highest BCUT2D eigenvalue weighted by atomic mass is 32.1. The topological polar surface area (TPSA) is 53.6 Å². The number of carbonyl (C=O) groups excluding carboxylic acids is 1. The minimum Gasteiger partial charge on any atom is -0.485 e. The first kappa shape index (κ1) is 20.7. The van der Waals surface area contributed by atoms with Gasteiger partial charge in [0, 0.05) is 37.8 Å². The van der Waals surface area contributed by atoms with Gasteiger partial charge in [-0.25, -0.2) is 0 Å². The molecule has 0 radical (unpaired) electrons. The first-order chi connectivity index (χ1) is 13.7. The SMILES string of the molecule is CCN[C@@H]1CCCN(c2cccc(O[C@@H](CC)c3sccc3NC)c2)C(=O)C1. The van der Waals surface area contributed by atoms with Gasteiger partial charge in [0.2, 0.25) is 5.91 Å². The molecule has 1 aliphatic heterocycles. The molecule has 1 amide bonds. The Kier molecular flexibility index (Phi) is 7.34. The van der Waals surface area contributed by atoms with Crippen molar-refractivity contribution >= 4 is 28.6 Å². The molecule has 1 aromatic carbocycles. The molecular weight excluding hydrogens is 370 g/mol. The van der Waals surface area contributed by atoms with Gasteiger partial charge in [0.05, 0.1) is 10.6 Å². The number of carbonyl (C=O) groups is 1. The zero-order chi connectivity index (χ0) is 19.9. The third-order valence-corrected chi connectivity index (χ3v) is 6.19. The quantitative estimate of drug-likeness (QED) is 0.666. The summed E-state index contributed by atoms with van der Waals surface area (Å²) in [5.41, 5.74) is 2.04. The molecule has 2 atom stereocenters. The van der Waals surface area contributed by atoms with Crippen LogP contribution in [0.3, 0.4) is 0 Å². The van der Waals surface area contributed by atoms with Crippen LogP contribution < -0.4 is 20.3 Å². The molecule has 2 N–H and O–H groups in total. The molecule has 152 valence electrons. The second-order valence-corrected chi connectivity index (χ2v) is 8.05. The standard InChI is InChI=1S/C22H31N3O2S/c1-4-20(22-19(23-3)11-13-28-22)27-18-10-6-9-17(15-18)25-12-7-8-16(24-5-2)14-21(25)26/h6,9-11,13,15-16,20,23-24H,4-5,7-8,12,14H2,1-3H3/t16-,20+/m1/s1. The Bertz CT molecular complexity index is 777. The summed E-state index contributed by atoms with van der Waals surface area (Å²) in [7, 11) is 1.94. The Hall–Kier alpha value is -2.05. The van der Waals surface area contributed by atoms with Crippen molar-refractivity contribution in [3.05, 3.63) is 40.6 Å². The molecule has 5 nitrogen and oxygen atoms in total. The highest BCUT2D eigenvalue weighted by Crippen LogP contribution is 2.35. The second-order valence-electron chi connectivity index (χ2n) is 7.11. The lowest BCUT2D eigenvalue weighted by Gasteiger charge is -2.23. The minimum absolute atomic E-state index is 0.00401. The zero-order valence-electron chi connectivity index (χ0n) is 17.0. The van der Waals surface area contributed by atoms with E-state index in [1.807, 2.05) is 36.2 Å². The largest absolute Gasteiger partial charge is 0.485 e. The van der Waals surface area contributed by atoms with Crippen LogP contribution in [0.15, 0.2) is 35.7 Å². The predicted molar refractivity (Wildman–Crippen MR) is 118 cm³/mol. The van der Waals surface area contributed by atoms with E-state index in [9.17, 15) is 4.79 Å². The highest BCUT2D eigenvalue weighted by Gasteiger charge is 2.24. The van der Waals surface area contributed by atoms with Gasteiger partial charge in [0.1, 0.15) is 11.9 Å². The normalized spacial score (nSPS) is 18.6. The van der Waals surface area contributed by atoms with Crippen molar-refractivity contribution in [3.63, 3.8) is 0 Å². The number of ether oxygens (including phenoxy) is 1. The molecule has 2 aromatic rings. The minimum atomic E-state index is -0.00401. The van der Waals surface area contributed by atoms with Crippen molar-refractivity contribution in [2.75, 3.05) is 30.4 Å². The molecule has 0 bridgehead atoms. The number of hydrogen-bond acceptors (Lipinski definition) is 5. The Balaban J connectivity index is 1.75. The van der Waals surface area contributed by atoms with Gasteiger partial charge in [-0.15, -0.1) is 11.3 Å². The van der Waals surface area contributed by atoms with Crippen LogP contribution in [0.1, 0.15) is 50.5 Å². The molecular formula is C22H31N3O2S. The lowest BCUT2D eigenvalue weighted by Crippen LogP contribution is -2.34. The smallest absolute Gasteiger partial charge is 0.228 e. The molecule has 0 aliphatic carbocycles. The molecule has 1 saturated heterocycles. The average Bonchev–Trinajstić information content (AvgIpc) is 3.10. The summed E-state index contributed by atoms with van der Waals surface area (Å²) in [6.45, 7) is 5.88. The van der Waals surface area contributed by atoms with Crippen molar-refractivity contribution in [2.45, 2.75) is 51.7 Å². The number of nitrogens with one attached hydrogen (secondary N) is 2. The van der Waals surface area contributed by atoms with Gasteiger partial charge in [-0.2, -0.15) is 0 Å². The summed E-state index contributed by atoms with van der Waals surface area (Å²) in [5.74, 6) is 0.989. The summed E-state index contributed by atoms with van der Waals surface area (Å²) in [4.78, 5) is 15.9. The molecule has 0 unspecified atom stereocenters. The van der Waals surface area contributed by atoms with E-state index in [0.29, 0.717) is 6.42 Å². The Morgan fingerprint density at radius 2 is 2.18 bits per heavy atom. The highest BCUT2D eigenvalue weighted by molar-refractivity contribution is 7.10. The van der Waals surface area contributed by atoms with Crippen molar-refractivity contribution in [1.82, 2.24) is 5.32 Å². The molecule has 0 spiro atoms. The third-order valence-electron chi connectivity index (χ3n) is 5.18. The number of rotatable bonds is 8. The number of anilines is 2. The van der Waals surface area contributed by atoms with E-state index in [1.54, 1.807) is 11.3 Å². The van der Waals surface area contributed by atoms with Crippen molar-refractivity contribution in [3.8, 4) is 5.75 Å².